The third-order valence-electron chi connectivity index (χ3n) is 2.50. The van der Waals surface area contributed by atoms with Gasteiger partial charge in [-0.2, -0.15) is 0 Å². The van der Waals surface area contributed by atoms with E-state index in [9.17, 15) is 4.79 Å². The van der Waals surface area contributed by atoms with E-state index < -0.39 is 12.0 Å². The highest BCUT2D eigenvalue weighted by molar-refractivity contribution is 5.75. The van der Waals surface area contributed by atoms with Crippen molar-refractivity contribution < 1.29 is 14.3 Å². The molecule has 5 nitrogen and oxygen atoms in total. The molecule has 5 heteroatoms. The molecule has 0 aromatic heterocycles. The first-order valence-electron chi connectivity index (χ1n) is 5.87. The second kappa shape index (κ2) is 7.68. The van der Waals surface area contributed by atoms with Crippen LogP contribution in [0.2, 0.25) is 0 Å². The van der Waals surface area contributed by atoms with Gasteiger partial charge in [0.2, 0.25) is 0 Å². The van der Waals surface area contributed by atoms with Crippen molar-refractivity contribution >= 4 is 5.97 Å². The lowest BCUT2D eigenvalue weighted by molar-refractivity contribution is -0.142. The van der Waals surface area contributed by atoms with E-state index in [-0.39, 0.29) is 0 Å². The summed E-state index contributed by atoms with van der Waals surface area (Å²) >= 11 is 0. The normalized spacial score (nSPS) is 11.9. The predicted octanol–water partition coefficient (Wildman–Crippen LogP) is 0.328. The predicted molar refractivity (Wildman–Crippen MR) is 69.6 cm³/mol. The molecule has 0 aliphatic rings. The van der Waals surface area contributed by atoms with Gasteiger partial charge in [-0.25, -0.2) is 0 Å². The van der Waals surface area contributed by atoms with Crippen LogP contribution in [0.1, 0.15) is 5.56 Å². The molecular weight excluding hydrogens is 232 g/mol. The average Bonchev–Trinajstić information content (AvgIpc) is 2.40. The number of nitrogens with two attached hydrogens (primary N) is 1. The number of methoxy groups -OCH3 is 1. The van der Waals surface area contributed by atoms with Crippen molar-refractivity contribution in [2.45, 2.75) is 12.5 Å². The zero-order valence-corrected chi connectivity index (χ0v) is 10.8. The van der Waals surface area contributed by atoms with Crippen LogP contribution in [-0.4, -0.2) is 39.3 Å². The second-order valence-electron chi connectivity index (χ2n) is 3.93. The lowest BCUT2D eigenvalue weighted by Gasteiger charge is -2.10. The Morgan fingerprint density at radius 3 is 2.61 bits per heavy atom. The minimum Gasteiger partial charge on any atom is -0.492 e. The lowest BCUT2D eigenvalue weighted by atomic mass is 10.1. The number of carbonyl (C=O) groups is 1. The third kappa shape index (κ3) is 4.73. The Morgan fingerprint density at radius 1 is 1.39 bits per heavy atom. The molecule has 0 heterocycles. The summed E-state index contributed by atoms with van der Waals surface area (Å²) < 4.78 is 10.1. The molecule has 1 aromatic carbocycles. The molecule has 0 radical (unpaired) electrons. The summed E-state index contributed by atoms with van der Waals surface area (Å²) in [6, 6.07) is 6.92. The van der Waals surface area contributed by atoms with Gasteiger partial charge in [-0.15, -0.1) is 0 Å². The van der Waals surface area contributed by atoms with Gasteiger partial charge in [-0.3, -0.25) is 4.79 Å². The van der Waals surface area contributed by atoms with Crippen LogP contribution in [0, 0.1) is 0 Å². The lowest BCUT2D eigenvalue weighted by Crippen LogP contribution is -2.33. The van der Waals surface area contributed by atoms with E-state index in [1.165, 1.54) is 7.11 Å². The molecule has 0 saturated heterocycles. The number of carbonyl (C=O) groups excluding carboxylic acids is 1. The van der Waals surface area contributed by atoms with Crippen molar-refractivity contribution in [2.75, 3.05) is 27.3 Å². The van der Waals surface area contributed by atoms with Gasteiger partial charge < -0.3 is 20.5 Å². The number of ether oxygens (including phenoxy) is 2. The maximum absolute atomic E-state index is 11.2. The number of hydrogen-bond donors (Lipinski definition) is 2. The molecule has 0 aliphatic heterocycles. The molecule has 1 rings (SSSR count). The van der Waals surface area contributed by atoms with E-state index in [1.807, 2.05) is 31.3 Å². The molecule has 3 N–H and O–H groups in total. The molecule has 1 aromatic rings. The van der Waals surface area contributed by atoms with E-state index in [2.05, 4.69) is 10.1 Å². The molecule has 0 spiro atoms. The van der Waals surface area contributed by atoms with E-state index >= 15 is 0 Å². The quantitative estimate of drug-likeness (QED) is 0.540. The monoisotopic (exact) mass is 252 g/mol. The van der Waals surface area contributed by atoms with Crippen LogP contribution in [-0.2, 0) is 16.0 Å². The molecule has 0 aliphatic carbocycles. The highest BCUT2D eigenvalue weighted by Gasteiger charge is 2.13. The molecule has 0 bridgehead atoms. The van der Waals surface area contributed by atoms with Crippen molar-refractivity contribution in [3.05, 3.63) is 29.8 Å². The summed E-state index contributed by atoms with van der Waals surface area (Å²) in [6.45, 7) is 1.42. The van der Waals surface area contributed by atoms with Crippen LogP contribution < -0.4 is 15.8 Å². The number of hydrogen-bond acceptors (Lipinski definition) is 5. The summed E-state index contributed by atoms with van der Waals surface area (Å²) in [6.07, 6.45) is 0.462. The Bertz CT molecular complexity index is 365. The fraction of sp³-hybridized carbons (Fsp3) is 0.462. The molecule has 0 saturated carbocycles. The third-order valence-corrected chi connectivity index (χ3v) is 2.50. The zero-order valence-electron chi connectivity index (χ0n) is 10.8. The van der Waals surface area contributed by atoms with Gasteiger partial charge in [0.05, 0.1) is 7.11 Å². The Balaban J connectivity index is 2.47. The van der Waals surface area contributed by atoms with Gasteiger partial charge >= 0.3 is 5.97 Å². The summed E-state index contributed by atoms with van der Waals surface area (Å²) in [5.41, 5.74) is 6.66. The van der Waals surface area contributed by atoms with Crippen LogP contribution in [0.4, 0.5) is 0 Å². The topological polar surface area (TPSA) is 73.6 Å². The van der Waals surface area contributed by atoms with Crippen LogP contribution in [0.15, 0.2) is 24.3 Å². The number of rotatable bonds is 7. The molecule has 18 heavy (non-hydrogen) atoms. The SMILES string of the molecule is CNCCOc1ccc(C[C@H](N)C(=O)OC)cc1. The highest BCUT2D eigenvalue weighted by Crippen LogP contribution is 2.13. The smallest absolute Gasteiger partial charge is 0.322 e. The minimum absolute atomic E-state index is 0.399. The van der Waals surface area contributed by atoms with E-state index in [0.29, 0.717) is 13.0 Å². The summed E-state index contributed by atoms with van der Waals surface area (Å²) in [7, 11) is 3.21. The minimum atomic E-state index is -0.619. The van der Waals surface area contributed by atoms with Gasteiger partial charge in [0, 0.05) is 6.54 Å². The van der Waals surface area contributed by atoms with Crippen molar-refractivity contribution in [2.24, 2.45) is 5.73 Å². The fourth-order valence-electron chi connectivity index (χ4n) is 1.48. The van der Waals surface area contributed by atoms with Crippen LogP contribution in [0.5, 0.6) is 5.75 Å². The van der Waals surface area contributed by atoms with Crippen LogP contribution in [0.3, 0.4) is 0 Å². The van der Waals surface area contributed by atoms with Gasteiger partial charge in [-0.05, 0) is 31.2 Å². The van der Waals surface area contributed by atoms with E-state index in [0.717, 1.165) is 17.9 Å². The molecule has 0 unspecified atom stereocenters. The molecular formula is C13H20N2O3. The van der Waals surface area contributed by atoms with Gasteiger partial charge in [0.25, 0.3) is 0 Å². The maximum Gasteiger partial charge on any atom is 0.322 e. The summed E-state index contributed by atoms with van der Waals surface area (Å²) in [5.74, 6) is 0.407. The molecule has 1 atom stereocenters. The second-order valence-corrected chi connectivity index (χ2v) is 3.93. The van der Waals surface area contributed by atoms with Crippen LogP contribution >= 0.6 is 0 Å². The Kier molecular flexibility index (Phi) is 6.18. The first-order chi connectivity index (χ1) is 8.67. The summed E-state index contributed by atoms with van der Waals surface area (Å²) in [5, 5.41) is 3.00. The number of benzene rings is 1. The Labute approximate surface area is 107 Å². The van der Waals surface area contributed by atoms with Crippen LogP contribution in [0.25, 0.3) is 0 Å². The highest BCUT2D eigenvalue weighted by atomic mass is 16.5. The van der Waals surface area contributed by atoms with Crippen molar-refractivity contribution in [3.8, 4) is 5.75 Å². The Morgan fingerprint density at radius 2 is 2.06 bits per heavy atom. The van der Waals surface area contributed by atoms with Crippen molar-refractivity contribution in [1.29, 1.82) is 0 Å². The van der Waals surface area contributed by atoms with E-state index in [1.54, 1.807) is 0 Å². The fourth-order valence-corrected chi connectivity index (χ4v) is 1.48. The largest absolute Gasteiger partial charge is 0.492 e. The van der Waals surface area contributed by atoms with Gasteiger partial charge in [0.1, 0.15) is 18.4 Å². The van der Waals surface area contributed by atoms with Crippen molar-refractivity contribution in [3.63, 3.8) is 0 Å². The van der Waals surface area contributed by atoms with Gasteiger partial charge in [0.15, 0.2) is 0 Å². The van der Waals surface area contributed by atoms with Gasteiger partial charge in [-0.1, -0.05) is 12.1 Å². The first-order valence-corrected chi connectivity index (χ1v) is 5.87. The standard InChI is InChI=1S/C13H20N2O3/c1-15-7-8-18-11-5-3-10(4-6-11)9-12(14)13(16)17-2/h3-6,12,15H,7-9,14H2,1-2H3/t12-/m0/s1. The number of nitrogens with one attached hydrogen (secondary N) is 1. The number of esters is 1. The number of likely N-dealkylation sites (N-methyl/N-ethyl adjacent to an activating group) is 1. The Hall–Kier alpha value is -1.59. The molecule has 0 amide bonds. The molecule has 0 fully saturated rings. The molecule has 100 valence electrons. The zero-order chi connectivity index (χ0) is 13.4. The maximum atomic E-state index is 11.2. The average molecular weight is 252 g/mol. The van der Waals surface area contributed by atoms with Crippen molar-refractivity contribution in [1.82, 2.24) is 5.32 Å². The summed E-state index contributed by atoms with van der Waals surface area (Å²) in [4.78, 5) is 11.2. The first kappa shape index (κ1) is 14.5. The van der Waals surface area contributed by atoms with E-state index in [4.69, 9.17) is 10.5 Å².